The molecule has 2 atom stereocenters. The Morgan fingerprint density at radius 3 is 3.03 bits per heavy atom. The summed E-state index contributed by atoms with van der Waals surface area (Å²) in [4.78, 5) is 22.3. The van der Waals surface area contributed by atoms with E-state index in [-0.39, 0.29) is 36.1 Å². The number of hydrogen-bond donors (Lipinski definition) is 2. The van der Waals surface area contributed by atoms with E-state index in [1.165, 1.54) is 7.11 Å². The summed E-state index contributed by atoms with van der Waals surface area (Å²) in [5.41, 5.74) is 1.40. The molecule has 1 amide bonds. The molecule has 0 bridgehead atoms. The van der Waals surface area contributed by atoms with E-state index in [1.54, 1.807) is 28.7 Å². The largest absolute Gasteiger partial charge is 0.470 e. The van der Waals surface area contributed by atoms with Gasteiger partial charge in [0.05, 0.1) is 23.9 Å². The molecule has 3 aromatic rings. The van der Waals surface area contributed by atoms with Gasteiger partial charge in [-0.3, -0.25) is 4.79 Å². The second-order valence-corrected chi connectivity index (χ2v) is 7.97. The normalized spacial score (nSPS) is 17.2. The first-order chi connectivity index (χ1) is 16.0. The monoisotopic (exact) mass is 458 g/mol. The quantitative estimate of drug-likeness (QED) is 0.525. The van der Waals surface area contributed by atoms with Gasteiger partial charge in [-0.05, 0) is 31.9 Å². The molecule has 1 aliphatic rings. The minimum atomic E-state index is -0.719. The van der Waals surface area contributed by atoms with Crippen LogP contribution in [0.1, 0.15) is 19.8 Å². The van der Waals surface area contributed by atoms with Gasteiger partial charge in [-0.2, -0.15) is 14.5 Å². The van der Waals surface area contributed by atoms with Gasteiger partial charge < -0.3 is 24.8 Å². The van der Waals surface area contributed by atoms with E-state index >= 15 is 4.39 Å². The summed E-state index contributed by atoms with van der Waals surface area (Å²) in [6, 6.07) is 5.36. The number of ether oxygens (including phenoxy) is 2. The van der Waals surface area contributed by atoms with Crippen LogP contribution in [0.5, 0.6) is 5.88 Å². The van der Waals surface area contributed by atoms with Gasteiger partial charge in [0, 0.05) is 32.4 Å². The predicted octanol–water partition coefficient (Wildman–Crippen LogP) is 1.74. The molecule has 1 saturated heterocycles. The number of aliphatic hydroxyl groups excluding tert-OH is 1. The van der Waals surface area contributed by atoms with Crippen molar-refractivity contribution in [3.63, 3.8) is 0 Å². The van der Waals surface area contributed by atoms with Crippen molar-refractivity contribution < 1.29 is 23.8 Å². The molecule has 0 aliphatic carbocycles. The summed E-state index contributed by atoms with van der Waals surface area (Å²) < 4.78 is 27.9. The number of fused-ring (bicyclic) bond motifs is 1. The molecule has 4 heterocycles. The highest BCUT2D eigenvalue weighted by Crippen LogP contribution is 2.30. The van der Waals surface area contributed by atoms with Gasteiger partial charge in [0.15, 0.2) is 11.6 Å². The van der Waals surface area contributed by atoms with Crippen LogP contribution in [0.4, 0.5) is 10.2 Å². The molecule has 10 nitrogen and oxygen atoms in total. The number of hydrogen-bond acceptors (Lipinski definition) is 8. The highest BCUT2D eigenvalue weighted by atomic mass is 19.1. The Hall–Kier alpha value is -3.31. The van der Waals surface area contributed by atoms with Crippen LogP contribution in [0.3, 0.4) is 0 Å². The zero-order valence-corrected chi connectivity index (χ0v) is 18.6. The van der Waals surface area contributed by atoms with Crippen molar-refractivity contribution in [2.75, 3.05) is 38.7 Å². The van der Waals surface area contributed by atoms with Crippen molar-refractivity contribution >= 4 is 17.2 Å². The maximum Gasteiger partial charge on any atom is 0.256 e. The number of aliphatic hydroxyl groups is 1. The molecular formula is C22H27FN6O4. The maximum absolute atomic E-state index is 15.4. The number of nitrogens with zero attached hydrogens (tertiary/aromatic N) is 5. The van der Waals surface area contributed by atoms with Crippen molar-refractivity contribution in [3.05, 3.63) is 36.4 Å². The summed E-state index contributed by atoms with van der Waals surface area (Å²) in [5, 5.41) is 16.6. The number of pyridine rings is 1. The van der Waals surface area contributed by atoms with Crippen molar-refractivity contribution in [2.45, 2.75) is 31.9 Å². The first kappa shape index (κ1) is 22.9. The van der Waals surface area contributed by atoms with Gasteiger partial charge in [0.2, 0.25) is 11.7 Å². The molecule has 33 heavy (non-hydrogen) atoms. The van der Waals surface area contributed by atoms with E-state index in [4.69, 9.17) is 9.47 Å². The number of methoxy groups -OCH3 is 1. The molecule has 3 aromatic heterocycles. The van der Waals surface area contributed by atoms with Crippen LogP contribution in [0.15, 0.2) is 30.6 Å². The zero-order chi connectivity index (χ0) is 23.4. The van der Waals surface area contributed by atoms with E-state index < -0.39 is 18.5 Å². The number of carbonyl (C=O) groups excluding carboxylic acids is 1. The number of likely N-dealkylation sites (tertiary alicyclic amines) is 1. The second-order valence-electron chi connectivity index (χ2n) is 7.97. The van der Waals surface area contributed by atoms with Crippen LogP contribution >= 0.6 is 0 Å². The summed E-state index contributed by atoms with van der Waals surface area (Å²) >= 11 is 0. The van der Waals surface area contributed by atoms with E-state index in [1.807, 2.05) is 18.2 Å². The van der Waals surface area contributed by atoms with E-state index in [0.717, 1.165) is 18.4 Å². The van der Waals surface area contributed by atoms with E-state index in [0.29, 0.717) is 18.7 Å². The SMILES string of the molecule is COCC(C)Oc1nc(-c2cnn3ccccc23)nc(N[C@@H]2CCCN(C(=O)CO)C2)c1F. The minimum absolute atomic E-state index is 0.0156. The molecule has 4 rings (SSSR count). The van der Waals surface area contributed by atoms with Gasteiger partial charge in [0.1, 0.15) is 12.7 Å². The number of rotatable bonds is 8. The Balaban J connectivity index is 1.69. The lowest BCUT2D eigenvalue weighted by Crippen LogP contribution is -2.46. The van der Waals surface area contributed by atoms with Crippen molar-refractivity contribution in [1.82, 2.24) is 24.5 Å². The zero-order valence-electron chi connectivity index (χ0n) is 18.6. The lowest BCUT2D eigenvalue weighted by molar-refractivity contribution is -0.135. The van der Waals surface area contributed by atoms with Gasteiger partial charge in [0.25, 0.3) is 5.88 Å². The number of nitrogens with one attached hydrogen (secondary N) is 1. The standard InChI is InChI=1S/C22H27FN6O4/c1-14(13-32-2)33-22-19(23)21(25-15-6-5-8-28(11-15)18(31)12-30)26-20(27-22)16-10-24-29-9-4-3-7-17(16)29/h3-4,7,9-10,14-15,30H,5-6,8,11-13H2,1-2H3,(H,25,26,27)/t14?,15-/m1/s1. The highest BCUT2D eigenvalue weighted by Gasteiger charge is 2.26. The Morgan fingerprint density at radius 2 is 2.24 bits per heavy atom. The average Bonchev–Trinajstić information content (AvgIpc) is 3.25. The number of piperidine rings is 1. The Morgan fingerprint density at radius 1 is 1.39 bits per heavy atom. The van der Waals surface area contributed by atoms with Gasteiger partial charge in [-0.15, -0.1) is 0 Å². The number of halogens is 1. The van der Waals surface area contributed by atoms with Crippen molar-refractivity contribution in [2.24, 2.45) is 0 Å². The van der Waals surface area contributed by atoms with Crippen LogP contribution in [0.25, 0.3) is 16.9 Å². The van der Waals surface area contributed by atoms with Crippen LogP contribution in [0, 0.1) is 5.82 Å². The fourth-order valence-electron chi connectivity index (χ4n) is 3.90. The number of carbonyl (C=O) groups is 1. The fourth-order valence-corrected chi connectivity index (χ4v) is 3.90. The summed E-state index contributed by atoms with van der Waals surface area (Å²) in [6.07, 6.45) is 4.44. The molecule has 176 valence electrons. The molecule has 1 fully saturated rings. The van der Waals surface area contributed by atoms with Crippen LogP contribution in [-0.4, -0.2) is 81.1 Å². The smallest absolute Gasteiger partial charge is 0.256 e. The molecule has 0 saturated carbocycles. The Labute approximate surface area is 190 Å². The van der Waals surface area contributed by atoms with Crippen LogP contribution in [-0.2, 0) is 9.53 Å². The first-order valence-electron chi connectivity index (χ1n) is 10.8. The topological polar surface area (TPSA) is 114 Å². The van der Waals surface area contributed by atoms with Crippen LogP contribution in [0.2, 0.25) is 0 Å². The maximum atomic E-state index is 15.4. The third kappa shape index (κ3) is 5.04. The first-order valence-corrected chi connectivity index (χ1v) is 10.8. The van der Waals surface area contributed by atoms with Crippen molar-refractivity contribution in [3.8, 4) is 17.3 Å². The molecule has 0 spiro atoms. The Kier molecular flexibility index (Phi) is 6.99. The fraction of sp³-hybridized carbons (Fsp3) is 0.455. The van der Waals surface area contributed by atoms with Gasteiger partial charge in [-0.25, -0.2) is 9.50 Å². The van der Waals surface area contributed by atoms with E-state index in [2.05, 4.69) is 20.4 Å². The lowest BCUT2D eigenvalue weighted by atomic mass is 10.1. The van der Waals surface area contributed by atoms with Gasteiger partial charge in [-0.1, -0.05) is 6.07 Å². The Bertz CT molecular complexity index is 1120. The molecule has 0 radical (unpaired) electrons. The third-order valence-electron chi connectivity index (χ3n) is 5.45. The number of aromatic nitrogens is 4. The summed E-state index contributed by atoms with van der Waals surface area (Å²) in [5.74, 6) is -1.02. The van der Waals surface area contributed by atoms with Crippen LogP contribution < -0.4 is 10.1 Å². The predicted molar refractivity (Wildman–Crippen MR) is 118 cm³/mol. The third-order valence-corrected chi connectivity index (χ3v) is 5.45. The molecule has 1 aliphatic heterocycles. The number of amides is 1. The number of anilines is 1. The minimum Gasteiger partial charge on any atom is -0.470 e. The molecular weight excluding hydrogens is 431 g/mol. The van der Waals surface area contributed by atoms with Gasteiger partial charge >= 0.3 is 0 Å². The molecule has 11 heteroatoms. The average molecular weight is 458 g/mol. The summed E-state index contributed by atoms with van der Waals surface area (Å²) in [6.45, 7) is 2.36. The highest BCUT2D eigenvalue weighted by molar-refractivity contribution is 5.77. The summed E-state index contributed by atoms with van der Waals surface area (Å²) in [7, 11) is 1.54. The van der Waals surface area contributed by atoms with Crippen molar-refractivity contribution in [1.29, 1.82) is 0 Å². The molecule has 2 N–H and O–H groups in total. The second kappa shape index (κ2) is 10.1. The lowest BCUT2D eigenvalue weighted by Gasteiger charge is -2.33. The molecule has 1 unspecified atom stereocenters. The molecule has 0 aromatic carbocycles. The van der Waals surface area contributed by atoms with E-state index in [9.17, 15) is 9.90 Å².